The van der Waals surface area contributed by atoms with Gasteiger partial charge < -0.3 is 19.9 Å². The molecule has 1 aromatic heterocycles. The van der Waals surface area contributed by atoms with E-state index in [9.17, 15) is 4.79 Å². The minimum absolute atomic E-state index is 0.228. The number of nitrogens with two attached hydrogens (primary N) is 1. The molecule has 0 atom stereocenters. The summed E-state index contributed by atoms with van der Waals surface area (Å²) in [6.45, 7) is 0.228. The number of ether oxygens (including phenoxy) is 3. The van der Waals surface area contributed by atoms with Crippen LogP contribution in [0.5, 0.6) is 11.6 Å². The van der Waals surface area contributed by atoms with Crippen molar-refractivity contribution in [3.05, 3.63) is 47.7 Å². The Kier molecular flexibility index (Phi) is 4.61. The van der Waals surface area contributed by atoms with Crippen molar-refractivity contribution in [1.29, 1.82) is 0 Å². The van der Waals surface area contributed by atoms with Crippen LogP contribution in [0, 0.1) is 0 Å². The van der Waals surface area contributed by atoms with Gasteiger partial charge in [0.1, 0.15) is 12.4 Å². The number of aromatic nitrogens is 1. The summed E-state index contributed by atoms with van der Waals surface area (Å²) in [6, 6.07) is 8.35. The molecule has 0 fully saturated rings. The Hall–Kier alpha value is -2.76. The Morgan fingerprint density at radius 3 is 2.81 bits per heavy atom. The first-order valence-corrected chi connectivity index (χ1v) is 6.24. The van der Waals surface area contributed by atoms with E-state index in [0.29, 0.717) is 22.9 Å². The zero-order chi connectivity index (χ0) is 15.2. The van der Waals surface area contributed by atoms with E-state index in [2.05, 4.69) is 9.72 Å². The van der Waals surface area contributed by atoms with Gasteiger partial charge in [-0.25, -0.2) is 9.78 Å². The number of pyridine rings is 1. The first kappa shape index (κ1) is 14.6. The second-order valence-electron chi connectivity index (χ2n) is 4.20. The van der Waals surface area contributed by atoms with Crippen LogP contribution in [0.2, 0.25) is 0 Å². The van der Waals surface area contributed by atoms with Crippen LogP contribution in [0.3, 0.4) is 0 Å². The van der Waals surface area contributed by atoms with Crippen LogP contribution in [0.25, 0.3) is 0 Å². The van der Waals surface area contributed by atoms with Gasteiger partial charge >= 0.3 is 5.97 Å². The molecule has 0 amide bonds. The molecule has 0 aliphatic rings. The normalized spacial score (nSPS) is 10.0. The van der Waals surface area contributed by atoms with Crippen molar-refractivity contribution in [2.75, 3.05) is 20.0 Å². The Balaban J connectivity index is 2.17. The highest BCUT2D eigenvalue weighted by Gasteiger charge is 2.11. The minimum Gasteiger partial charge on any atom is -0.487 e. The Morgan fingerprint density at radius 1 is 1.29 bits per heavy atom. The number of carbonyl (C=O) groups excluding carboxylic acids is 1. The maximum Gasteiger partial charge on any atom is 0.337 e. The maximum absolute atomic E-state index is 11.5. The number of nitrogens with zero attached hydrogens (tertiary/aromatic N) is 1. The summed E-state index contributed by atoms with van der Waals surface area (Å²) in [7, 11) is 2.86. The van der Waals surface area contributed by atoms with Crippen LogP contribution in [0.1, 0.15) is 15.9 Å². The van der Waals surface area contributed by atoms with E-state index in [0.717, 1.165) is 5.56 Å². The lowest BCUT2D eigenvalue weighted by Crippen LogP contribution is -2.05. The van der Waals surface area contributed by atoms with Crippen molar-refractivity contribution in [2.45, 2.75) is 6.61 Å². The molecule has 0 unspecified atom stereocenters. The summed E-state index contributed by atoms with van der Waals surface area (Å²) in [5.74, 6) is 0.447. The van der Waals surface area contributed by atoms with Crippen LogP contribution >= 0.6 is 0 Å². The van der Waals surface area contributed by atoms with E-state index in [4.69, 9.17) is 15.2 Å². The highest BCUT2D eigenvalue weighted by Crippen LogP contribution is 2.25. The van der Waals surface area contributed by atoms with E-state index in [1.807, 2.05) is 6.07 Å². The maximum atomic E-state index is 11.5. The van der Waals surface area contributed by atoms with Crippen LogP contribution in [-0.4, -0.2) is 25.2 Å². The van der Waals surface area contributed by atoms with Crippen LogP contribution in [0.4, 0.5) is 5.69 Å². The molecule has 6 nitrogen and oxygen atoms in total. The van der Waals surface area contributed by atoms with Crippen LogP contribution in [0.15, 0.2) is 36.5 Å². The minimum atomic E-state index is -0.446. The molecule has 0 saturated carbocycles. The van der Waals surface area contributed by atoms with Gasteiger partial charge in [0, 0.05) is 6.20 Å². The quantitative estimate of drug-likeness (QED) is 0.669. The number of benzene rings is 1. The molecule has 110 valence electrons. The predicted octanol–water partition coefficient (Wildman–Crippen LogP) is 2.04. The molecular formula is C15H16N2O4. The zero-order valence-electron chi connectivity index (χ0n) is 11.8. The summed E-state index contributed by atoms with van der Waals surface area (Å²) < 4.78 is 15.5. The first-order chi connectivity index (χ1) is 10.2. The summed E-state index contributed by atoms with van der Waals surface area (Å²) >= 11 is 0. The average molecular weight is 288 g/mol. The van der Waals surface area contributed by atoms with E-state index in [1.165, 1.54) is 14.2 Å². The summed E-state index contributed by atoms with van der Waals surface area (Å²) in [5, 5.41) is 0. The number of nitrogen functional groups attached to an aromatic ring is 1. The van der Waals surface area contributed by atoms with Gasteiger partial charge in [-0.05, 0) is 30.3 Å². The topological polar surface area (TPSA) is 83.7 Å². The number of esters is 1. The molecule has 21 heavy (non-hydrogen) atoms. The fraction of sp³-hybridized carbons (Fsp3) is 0.200. The van der Waals surface area contributed by atoms with E-state index in [-0.39, 0.29) is 6.61 Å². The molecule has 0 spiro atoms. The monoisotopic (exact) mass is 288 g/mol. The van der Waals surface area contributed by atoms with Crippen molar-refractivity contribution in [3.8, 4) is 11.6 Å². The van der Waals surface area contributed by atoms with Gasteiger partial charge in [0.15, 0.2) is 0 Å². The van der Waals surface area contributed by atoms with Crippen molar-refractivity contribution in [2.24, 2.45) is 0 Å². The third-order valence-corrected chi connectivity index (χ3v) is 2.86. The predicted molar refractivity (Wildman–Crippen MR) is 77.3 cm³/mol. The second kappa shape index (κ2) is 6.60. The molecule has 0 saturated heterocycles. The Bertz CT molecular complexity index is 643. The molecule has 1 aromatic carbocycles. The number of carbonyl (C=O) groups is 1. The van der Waals surface area contributed by atoms with Crippen molar-refractivity contribution < 1.29 is 19.0 Å². The van der Waals surface area contributed by atoms with Gasteiger partial charge in [-0.1, -0.05) is 0 Å². The van der Waals surface area contributed by atoms with Crippen LogP contribution in [-0.2, 0) is 11.3 Å². The van der Waals surface area contributed by atoms with Crippen molar-refractivity contribution in [3.63, 3.8) is 0 Å². The number of hydrogen-bond donors (Lipinski definition) is 1. The van der Waals surface area contributed by atoms with E-state index in [1.54, 1.807) is 30.5 Å². The average Bonchev–Trinajstić information content (AvgIpc) is 2.53. The highest BCUT2D eigenvalue weighted by atomic mass is 16.5. The smallest absolute Gasteiger partial charge is 0.337 e. The molecule has 0 bridgehead atoms. The molecular weight excluding hydrogens is 272 g/mol. The number of methoxy groups -OCH3 is 2. The van der Waals surface area contributed by atoms with Crippen LogP contribution < -0.4 is 15.2 Å². The SMILES string of the molecule is COC(=O)c1ccc(N)c(OCc2cccnc2OC)c1. The lowest BCUT2D eigenvalue weighted by molar-refractivity contribution is 0.0600. The van der Waals surface area contributed by atoms with Gasteiger partial charge in [-0.2, -0.15) is 0 Å². The molecule has 0 radical (unpaired) electrons. The van der Waals surface area contributed by atoms with E-state index >= 15 is 0 Å². The number of hydrogen-bond acceptors (Lipinski definition) is 6. The standard InChI is InChI=1S/C15H16N2O4/c1-19-14-11(4-3-7-17-14)9-21-13-8-10(15(18)20-2)5-6-12(13)16/h3-8H,9,16H2,1-2H3. The van der Waals surface area contributed by atoms with Crippen molar-refractivity contribution in [1.82, 2.24) is 4.98 Å². The molecule has 2 N–H and O–H groups in total. The number of anilines is 1. The zero-order valence-corrected chi connectivity index (χ0v) is 11.8. The van der Waals surface area contributed by atoms with Gasteiger partial charge in [0.2, 0.25) is 5.88 Å². The van der Waals surface area contributed by atoms with Gasteiger partial charge in [-0.15, -0.1) is 0 Å². The molecule has 0 aliphatic heterocycles. The van der Waals surface area contributed by atoms with Gasteiger partial charge in [0.25, 0.3) is 0 Å². The van der Waals surface area contributed by atoms with E-state index < -0.39 is 5.97 Å². The highest BCUT2D eigenvalue weighted by molar-refractivity contribution is 5.90. The second-order valence-corrected chi connectivity index (χ2v) is 4.20. The molecule has 1 heterocycles. The molecule has 0 aliphatic carbocycles. The largest absolute Gasteiger partial charge is 0.487 e. The molecule has 6 heteroatoms. The van der Waals surface area contributed by atoms with Gasteiger partial charge in [0.05, 0.1) is 31.0 Å². The summed E-state index contributed by atoms with van der Waals surface area (Å²) in [6.07, 6.45) is 1.63. The third-order valence-electron chi connectivity index (χ3n) is 2.86. The first-order valence-electron chi connectivity index (χ1n) is 6.24. The fourth-order valence-corrected chi connectivity index (χ4v) is 1.78. The Morgan fingerprint density at radius 2 is 2.10 bits per heavy atom. The Labute approximate surface area is 122 Å². The van der Waals surface area contributed by atoms with Gasteiger partial charge in [-0.3, -0.25) is 0 Å². The number of rotatable bonds is 5. The fourth-order valence-electron chi connectivity index (χ4n) is 1.78. The molecule has 2 aromatic rings. The third kappa shape index (κ3) is 3.42. The summed E-state index contributed by atoms with van der Waals surface area (Å²) in [5.41, 5.74) is 7.43. The summed E-state index contributed by atoms with van der Waals surface area (Å²) in [4.78, 5) is 15.6. The lowest BCUT2D eigenvalue weighted by Gasteiger charge is -2.11. The lowest BCUT2D eigenvalue weighted by atomic mass is 10.2. The molecule has 2 rings (SSSR count). The van der Waals surface area contributed by atoms with Crippen molar-refractivity contribution >= 4 is 11.7 Å².